The maximum absolute atomic E-state index is 12.1. The predicted molar refractivity (Wildman–Crippen MR) is 109 cm³/mol. The number of aromatic nitrogens is 2. The molecule has 29 heavy (non-hydrogen) atoms. The van der Waals surface area contributed by atoms with E-state index in [1.807, 2.05) is 12.1 Å². The van der Waals surface area contributed by atoms with Gasteiger partial charge in [0.05, 0.1) is 6.54 Å². The molecule has 0 unspecified atom stereocenters. The second-order valence-corrected chi connectivity index (χ2v) is 7.87. The molecule has 1 fully saturated rings. The summed E-state index contributed by atoms with van der Waals surface area (Å²) in [5.41, 5.74) is 2.15. The summed E-state index contributed by atoms with van der Waals surface area (Å²) in [7, 11) is 0. The summed E-state index contributed by atoms with van der Waals surface area (Å²) < 4.78 is 5.32. The zero-order chi connectivity index (χ0) is 20.8. The Morgan fingerprint density at radius 1 is 1.14 bits per heavy atom. The van der Waals surface area contributed by atoms with E-state index in [1.54, 1.807) is 4.90 Å². The van der Waals surface area contributed by atoms with Gasteiger partial charge in [0.25, 0.3) is 0 Å². The average Bonchev–Trinajstić information content (AvgIpc) is 3.15. The molecular formula is C21H29N5O3. The fourth-order valence-corrected chi connectivity index (χ4v) is 3.29. The molecule has 1 aliphatic heterocycles. The van der Waals surface area contributed by atoms with Gasteiger partial charge in [0.2, 0.25) is 23.5 Å². The van der Waals surface area contributed by atoms with Gasteiger partial charge in [-0.1, -0.05) is 43.3 Å². The van der Waals surface area contributed by atoms with Gasteiger partial charge in [-0.2, -0.15) is 4.98 Å². The minimum Gasteiger partial charge on any atom is -0.347 e. The van der Waals surface area contributed by atoms with E-state index >= 15 is 0 Å². The van der Waals surface area contributed by atoms with Gasteiger partial charge in [0, 0.05) is 51.6 Å². The molecule has 0 radical (unpaired) electrons. The number of nitrogens with one attached hydrogen (secondary N) is 1. The molecule has 8 nitrogen and oxygen atoms in total. The molecule has 8 heteroatoms. The molecule has 1 aromatic carbocycles. The summed E-state index contributed by atoms with van der Waals surface area (Å²) in [5, 5.41) is 6.64. The first-order valence-electron chi connectivity index (χ1n) is 10.1. The third-order valence-electron chi connectivity index (χ3n) is 4.88. The Labute approximate surface area is 171 Å². The first-order valence-corrected chi connectivity index (χ1v) is 10.1. The van der Waals surface area contributed by atoms with E-state index in [0.29, 0.717) is 30.7 Å². The second-order valence-electron chi connectivity index (χ2n) is 7.87. The van der Waals surface area contributed by atoms with Crippen LogP contribution >= 0.6 is 0 Å². The molecule has 2 aromatic rings. The highest BCUT2D eigenvalue weighted by Gasteiger charge is 2.21. The van der Waals surface area contributed by atoms with Gasteiger partial charge in [-0.05, 0) is 11.5 Å². The fourth-order valence-electron chi connectivity index (χ4n) is 3.29. The number of carbonyl (C=O) groups excluding carboxylic acids is 2. The normalized spacial score (nSPS) is 15.0. The molecule has 3 rings (SSSR count). The highest BCUT2D eigenvalue weighted by atomic mass is 16.5. The number of amides is 2. The van der Waals surface area contributed by atoms with E-state index in [9.17, 15) is 9.59 Å². The van der Waals surface area contributed by atoms with Crippen LogP contribution in [0.25, 0.3) is 11.4 Å². The molecule has 1 N–H and O–H groups in total. The van der Waals surface area contributed by atoms with Gasteiger partial charge in [-0.15, -0.1) is 0 Å². The maximum Gasteiger partial charge on any atom is 0.242 e. The lowest BCUT2D eigenvalue weighted by molar-refractivity contribution is -0.134. The predicted octanol–water partition coefficient (Wildman–Crippen LogP) is 1.72. The van der Waals surface area contributed by atoms with Crippen LogP contribution in [0.3, 0.4) is 0 Å². The van der Waals surface area contributed by atoms with E-state index in [0.717, 1.165) is 31.6 Å². The fraction of sp³-hybridized carbons (Fsp3) is 0.524. The highest BCUT2D eigenvalue weighted by Crippen LogP contribution is 2.19. The smallest absolute Gasteiger partial charge is 0.242 e. The summed E-state index contributed by atoms with van der Waals surface area (Å²) in [6, 6.07) is 8.21. The van der Waals surface area contributed by atoms with Gasteiger partial charge in [-0.25, -0.2) is 0 Å². The molecule has 1 saturated heterocycles. The Balaban J connectivity index is 1.49. The molecule has 2 amide bonds. The van der Waals surface area contributed by atoms with Crippen molar-refractivity contribution in [1.29, 1.82) is 0 Å². The maximum atomic E-state index is 12.1. The van der Waals surface area contributed by atoms with Gasteiger partial charge >= 0.3 is 0 Å². The lowest BCUT2D eigenvalue weighted by Crippen LogP contribution is -2.50. The van der Waals surface area contributed by atoms with Crippen molar-refractivity contribution in [2.75, 3.05) is 32.7 Å². The van der Waals surface area contributed by atoms with Crippen molar-refractivity contribution in [3.05, 3.63) is 35.7 Å². The molecule has 1 aromatic heterocycles. The summed E-state index contributed by atoms with van der Waals surface area (Å²) in [5.74, 6) is 1.56. The Hall–Kier alpha value is -2.74. The van der Waals surface area contributed by atoms with Crippen LogP contribution < -0.4 is 5.32 Å². The van der Waals surface area contributed by atoms with Crippen molar-refractivity contribution in [1.82, 2.24) is 25.3 Å². The van der Waals surface area contributed by atoms with Crippen LogP contribution in [0.1, 0.15) is 32.2 Å². The first kappa shape index (κ1) is 21.0. The number of carbonyl (C=O) groups is 2. The molecular weight excluding hydrogens is 370 g/mol. The van der Waals surface area contributed by atoms with E-state index in [-0.39, 0.29) is 18.4 Å². The molecule has 0 bridgehead atoms. The Kier molecular flexibility index (Phi) is 6.98. The number of benzene rings is 1. The minimum absolute atomic E-state index is 0.0267. The van der Waals surface area contributed by atoms with Crippen molar-refractivity contribution in [3.63, 3.8) is 0 Å². The zero-order valence-corrected chi connectivity index (χ0v) is 17.4. The van der Waals surface area contributed by atoms with E-state index in [2.05, 4.69) is 46.3 Å². The Bertz CT molecular complexity index is 823. The third-order valence-corrected chi connectivity index (χ3v) is 4.88. The van der Waals surface area contributed by atoms with Crippen LogP contribution in [0.15, 0.2) is 28.8 Å². The largest absolute Gasteiger partial charge is 0.347 e. The van der Waals surface area contributed by atoms with Crippen LogP contribution in [-0.2, 0) is 22.6 Å². The van der Waals surface area contributed by atoms with E-state index in [4.69, 9.17) is 4.52 Å². The summed E-state index contributed by atoms with van der Waals surface area (Å²) in [4.78, 5) is 31.6. The molecule has 0 aliphatic carbocycles. The third kappa shape index (κ3) is 6.12. The topological polar surface area (TPSA) is 91.6 Å². The number of rotatable bonds is 7. The molecule has 2 heterocycles. The Morgan fingerprint density at radius 3 is 2.45 bits per heavy atom. The van der Waals surface area contributed by atoms with Crippen molar-refractivity contribution in [3.8, 4) is 11.4 Å². The molecule has 1 aliphatic rings. The molecule has 156 valence electrons. The zero-order valence-electron chi connectivity index (χ0n) is 17.4. The molecule has 0 atom stereocenters. The quantitative estimate of drug-likeness (QED) is 0.762. The van der Waals surface area contributed by atoms with Gasteiger partial charge in [-0.3, -0.25) is 14.5 Å². The monoisotopic (exact) mass is 399 g/mol. The lowest BCUT2D eigenvalue weighted by Gasteiger charge is -2.34. The van der Waals surface area contributed by atoms with Gasteiger partial charge < -0.3 is 14.7 Å². The van der Waals surface area contributed by atoms with Crippen molar-refractivity contribution >= 4 is 11.8 Å². The Morgan fingerprint density at radius 2 is 1.83 bits per heavy atom. The van der Waals surface area contributed by atoms with E-state index in [1.165, 1.54) is 12.5 Å². The van der Waals surface area contributed by atoms with E-state index < -0.39 is 0 Å². The van der Waals surface area contributed by atoms with Gasteiger partial charge in [0.1, 0.15) is 0 Å². The summed E-state index contributed by atoms with van der Waals surface area (Å²) in [6.07, 6.45) is 0.782. The van der Waals surface area contributed by atoms with Crippen LogP contribution in [0.2, 0.25) is 0 Å². The first-order chi connectivity index (χ1) is 13.9. The average molecular weight is 399 g/mol. The van der Waals surface area contributed by atoms with Crippen molar-refractivity contribution < 1.29 is 14.1 Å². The minimum atomic E-state index is -0.183. The van der Waals surface area contributed by atoms with Crippen LogP contribution in [0.4, 0.5) is 0 Å². The molecule has 0 spiro atoms. The summed E-state index contributed by atoms with van der Waals surface area (Å²) >= 11 is 0. The number of hydrogen-bond donors (Lipinski definition) is 1. The van der Waals surface area contributed by atoms with Crippen molar-refractivity contribution in [2.24, 2.45) is 5.92 Å². The lowest BCUT2D eigenvalue weighted by atomic mass is 10.1. The van der Waals surface area contributed by atoms with Gasteiger partial charge in [0.15, 0.2) is 0 Å². The number of hydrogen-bond acceptors (Lipinski definition) is 6. The standard InChI is InChI=1S/C21H29N5O3/c1-15(2)12-19-23-21(24-29-19)18-6-4-17(5-7-18)14-25-8-10-26(11-9-25)20(28)13-22-16(3)27/h4-7,15H,8-14H2,1-3H3,(H,22,27). The number of piperazine rings is 1. The van der Waals surface area contributed by atoms with Crippen molar-refractivity contribution in [2.45, 2.75) is 33.7 Å². The highest BCUT2D eigenvalue weighted by molar-refractivity contribution is 5.83. The van der Waals surface area contributed by atoms with Crippen LogP contribution in [0, 0.1) is 5.92 Å². The number of nitrogens with zero attached hydrogens (tertiary/aromatic N) is 4. The second kappa shape index (κ2) is 9.65. The SMILES string of the molecule is CC(=O)NCC(=O)N1CCN(Cc2ccc(-c3noc(CC(C)C)n3)cc2)CC1. The summed E-state index contributed by atoms with van der Waals surface area (Å²) in [6.45, 7) is 9.56. The molecule has 0 saturated carbocycles. The van der Waals surface area contributed by atoms with Crippen LogP contribution in [-0.4, -0.2) is 64.5 Å². The van der Waals surface area contributed by atoms with Crippen LogP contribution in [0.5, 0.6) is 0 Å².